The van der Waals surface area contributed by atoms with Crippen molar-refractivity contribution < 1.29 is 9.59 Å². The summed E-state index contributed by atoms with van der Waals surface area (Å²) in [7, 11) is 1.75. The molecule has 5 nitrogen and oxygen atoms in total. The molecule has 0 aromatic heterocycles. The highest BCUT2D eigenvalue weighted by molar-refractivity contribution is 7.99. The van der Waals surface area contributed by atoms with Gasteiger partial charge in [0.25, 0.3) is 0 Å². The minimum atomic E-state index is -0.213. The van der Waals surface area contributed by atoms with Crippen molar-refractivity contribution in [2.75, 3.05) is 31.6 Å². The first-order chi connectivity index (χ1) is 13.1. The summed E-state index contributed by atoms with van der Waals surface area (Å²) in [6.45, 7) is 1.97. The maximum absolute atomic E-state index is 12.3. The maximum atomic E-state index is 12.3. The van der Waals surface area contributed by atoms with Crippen LogP contribution in [0.1, 0.15) is 12.8 Å². The van der Waals surface area contributed by atoms with Gasteiger partial charge < -0.3 is 15.1 Å². The molecule has 1 unspecified atom stereocenters. The van der Waals surface area contributed by atoms with Gasteiger partial charge >= 0.3 is 0 Å². The molecule has 4 rings (SSSR count). The number of carbonyl (C=O) groups excluding carboxylic acids is 2. The molecule has 1 saturated heterocycles. The van der Waals surface area contributed by atoms with E-state index in [1.807, 2.05) is 0 Å². The average Bonchev–Trinajstić information content (AvgIpc) is 3.03. The number of nitrogens with one attached hydrogen (secondary N) is 1. The van der Waals surface area contributed by atoms with Crippen LogP contribution in [0.5, 0.6) is 0 Å². The number of rotatable bonds is 5. The number of hydrogen-bond donors (Lipinski definition) is 1. The molecule has 6 heteroatoms. The predicted molar refractivity (Wildman–Crippen MR) is 107 cm³/mol. The lowest BCUT2D eigenvalue weighted by Gasteiger charge is -2.32. The van der Waals surface area contributed by atoms with Gasteiger partial charge in [0.2, 0.25) is 11.8 Å². The number of hydrogen-bond acceptors (Lipinski definition) is 4. The molecule has 27 heavy (non-hydrogen) atoms. The van der Waals surface area contributed by atoms with Gasteiger partial charge in [0.15, 0.2) is 0 Å². The minimum Gasteiger partial charge on any atom is -0.356 e. The number of para-hydroxylation sites is 2. The molecular formula is C21H23N3O2S. The largest absolute Gasteiger partial charge is 0.356 e. The SMILES string of the molecule is CN1CC(C(=O)NCCCN2c3ccccc3Sc3ccccc32)CC1=O. The van der Waals surface area contributed by atoms with Crippen molar-refractivity contribution in [1.29, 1.82) is 0 Å². The number of carbonyl (C=O) groups is 2. The second-order valence-corrected chi connectivity index (χ2v) is 8.09. The number of anilines is 2. The van der Waals surface area contributed by atoms with Crippen LogP contribution in [0.25, 0.3) is 0 Å². The Kier molecular flexibility index (Phi) is 5.07. The number of benzene rings is 2. The highest BCUT2D eigenvalue weighted by Gasteiger charge is 2.31. The van der Waals surface area contributed by atoms with Crippen molar-refractivity contribution in [3.63, 3.8) is 0 Å². The van der Waals surface area contributed by atoms with Gasteiger partial charge in [-0.2, -0.15) is 0 Å². The van der Waals surface area contributed by atoms with Crippen molar-refractivity contribution in [2.24, 2.45) is 5.92 Å². The van der Waals surface area contributed by atoms with Crippen LogP contribution in [0, 0.1) is 5.92 Å². The van der Waals surface area contributed by atoms with Gasteiger partial charge in [-0.3, -0.25) is 9.59 Å². The molecule has 140 valence electrons. The summed E-state index contributed by atoms with van der Waals surface area (Å²) in [6, 6.07) is 16.9. The van der Waals surface area contributed by atoms with Crippen molar-refractivity contribution in [1.82, 2.24) is 10.2 Å². The fraction of sp³-hybridized carbons (Fsp3) is 0.333. The fourth-order valence-electron chi connectivity index (χ4n) is 3.65. The van der Waals surface area contributed by atoms with Crippen molar-refractivity contribution >= 4 is 35.0 Å². The fourth-order valence-corrected chi connectivity index (χ4v) is 4.75. The number of amides is 2. The van der Waals surface area contributed by atoms with E-state index in [1.54, 1.807) is 23.7 Å². The van der Waals surface area contributed by atoms with Crippen LogP contribution in [-0.4, -0.2) is 43.4 Å². The molecule has 2 aromatic rings. The molecule has 2 heterocycles. The van der Waals surface area contributed by atoms with Gasteiger partial charge in [-0.25, -0.2) is 0 Å². The molecule has 0 spiro atoms. The number of nitrogens with zero attached hydrogens (tertiary/aromatic N) is 2. The highest BCUT2D eigenvalue weighted by Crippen LogP contribution is 2.47. The molecule has 0 aliphatic carbocycles. The molecule has 0 saturated carbocycles. The van der Waals surface area contributed by atoms with E-state index >= 15 is 0 Å². The van der Waals surface area contributed by atoms with E-state index in [-0.39, 0.29) is 17.7 Å². The lowest BCUT2D eigenvalue weighted by molar-refractivity contribution is -0.128. The molecule has 1 fully saturated rings. The van der Waals surface area contributed by atoms with E-state index in [0.717, 1.165) is 13.0 Å². The van der Waals surface area contributed by atoms with Crippen LogP contribution in [0.3, 0.4) is 0 Å². The second kappa shape index (κ2) is 7.64. The molecule has 2 aromatic carbocycles. The molecule has 0 bridgehead atoms. The molecular weight excluding hydrogens is 358 g/mol. The summed E-state index contributed by atoms with van der Waals surface area (Å²) in [5, 5.41) is 3.00. The average molecular weight is 382 g/mol. The van der Waals surface area contributed by atoms with E-state index in [9.17, 15) is 9.59 Å². The Morgan fingerprint density at radius 3 is 2.33 bits per heavy atom. The van der Waals surface area contributed by atoms with Gasteiger partial charge in [-0.1, -0.05) is 36.0 Å². The lowest BCUT2D eigenvalue weighted by atomic mass is 10.1. The van der Waals surface area contributed by atoms with E-state index in [4.69, 9.17) is 0 Å². The molecule has 2 amide bonds. The third-order valence-corrected chi connectivity index (χ3v) is 6.23. The first kappa shape index (κ1) is 17.9. The summed E-state index contributed by atoms with van der Waals surface area (Å²) >= 11 is 1.80. The van der Waals surface area contributed by atoms with Crippen LogP contribution in [0.4, 0.5) is 11.4 Å². The number of fused-ring (bicyclic) bond motifs is 2. The predicted octanol–water partition coefficient (Wildman–Crippen LogP) is 3.27. The third kappa shape index (κ3) is 3.67. The van der Waals surface area contributed by atoms with Crippen molar-refractivity contribution in [3.8, 4) is 0 Å². The number of likely N-dealkylation sites (tertiary alicyclic amines) is 1. The van der Waals surface area contributed by atoms with E-state index in [0.29, 0.717) is 19.5 Å². The van der Waals surface area contributed by atoms with Crippen LogP contribution in [0.2, 0.25) is 0 Å². The van der Waals surface area contributed by atoms with Gasteiger partial charge in [0, 0.05) is 42.9 Å². The Labute approximate surface area is 163 Å². The summed E-state index contributed by atoms with van der Waals surface area (Å²) in [5.41, 5.74) is 2.44. The topological polar surface area (TPSA) is 52.7 Å². The van der Waals surface area contributed by atoms with Gasteiger partial charge in [-0.15, -0.1) is 0 Å². The monoisotopic (exact) mass is 381 g/mol. The van der Waals surface area contributed by atoms with E-state index in [1.165, 1.54) is 21.2 Å². The van der Waals surface area contributed by atoms with Crippen LogP contribution in [-0.2, 0) is 9.59 Å². The van der Waals surface area contributed by atoms with Gasteiger partial charge in [0.1, 0.15) is 0 Å². The minimum absolute atomic E-state index is 0.0114. The van der Waals surface area contributed by atoms with E-state index in [2.05, 4.69) is 58.7 Å². The quantitative estimate of drug-likeness (QED) is 0.808. The normalized spacial score (nSPS) is 18.3. The Balaban J connectivity index is 1.37. The van der Waals surface area contributed by atoms with Gasteiger partial charge in [-0.05, 0) is 30.7 Å². The van der Waals surface area contributed by atoms with E-state index < -0.39 is 0 Å². The second-order valence-electron chi connectivity index (χ2n) is 7.01. The molecule has 0 radical (unpaired) electrons. The zero-order valence-corrected chi connectivity index (χ0v) is 16.2. The summed E-state index contributed by atoms with van der Waals surface area (Å²) < 4.78 is 0. The van der Waals surface area contributed by atoms with Gasteiger partial charge in [0.05, 0.1) is 17.3 Å². The first-order valence-corrected chi connectivity index (χ1v) is 10.1. The van der Waals surface area contributed by atoms with Crippen LogP contribution >= 0.6 is 11.8 Å². The van der Waals surface area contributed by atoms with Crippen LogP contribution in [0.15, 0.2) is 58.3 Å². The third-order valence-electron chi connectivity index (χ3n) is 5.10. The highest BCUT2D eigenvalue weighted by atomic mass is 32.2. The Morgan fingerprint density at radius 2 is 1.74 bits per heavy atom. The molecule has 2 aliphatic heterocycles. The Bertz CT molecular complexity index is 825. The molecule has 1 atom stereocenters. The van der Waals surface area contributed by atoms with Crippen molar-refractivity contribution in [3.05, 3.63) is 48.5 Å². The Morgan fingerprint density at radius 1 is 1.11 bits per heavy atom. The summed E-state index contributed by atoms with van der Waals surface area (Å²) in [4.78, 5) is 30.4. The maximum Gasteiger partial charge on any atom is 0.225 e. The smallest absolute Gasteiger partial charge is 0.225 e. The zero-order valence-electron chi connectivity index (χ0n) is 15.4. The molecule has 1 N–H and O–H groups in total. The first-order valence-electron chi connectivity index (χ1n) is 9.28. The van der Waals surface area contributed by atoms with Crippen LogP contribution < -0.4 is 10.2 Å². The molecule has 2 aliphatic rings. The Hall–Kier alpha value is -2.47. The standard InChI is InChI=1S/C21H23N3O2S/c1-23-14-15(13-20(23)25)21(26)22-11-6-12-24-16-7-2-4-9-18(16)27-19-10-5-3-8-17(19)24/h2-5,7-10,15H,6,11-14H2,1H3,(H,22,26). The zero-order chi connectivity index (χ0) is 18.8. The van der Waals surface area contributed by atoms with Crippen molar-refractivity contribution in [2.45, 2.75) is 22.6 Å². The summed E-state index contributed by atoms with van der Waals surface area (Å²) in [6.07, 6.45) is 1.17. The lowest BCUT2D eigenvalue weighted by Crippen LogP contribution is -2.34. The summed E-state index contributed by atoms with van der Waals surface area (Å²) in [5.74, 6) is -0.174.